The third-order valence-electron chi connectivity index (χ3n) is 3.95. The number of hydrogen-bond donors (Lipinski definition) is 2. The van der Waals surface area contributed by atoms with E-state index in [4.69, 9.17) is 4.74 Å². The van der Waals surface area contributed by atoms with Gasteiger partial charge in [-0.15, -0.1) is 24.0 Å². The van der Waals surface area contributed by atoms with Crippen LogP contribution in [0, 0.1) is 0 Å². The van der Waals surface area contributed by atoms with Crippen LogP contribution in [0.15, 0.2) is 47.5 Å². The predicted octanol–water partition coefficient (Wildman–Crippen LogP) is 4.72. The summed E-state index contributed by atoms with van der Waals surface area (Å²) in [6.45, 7) is -3.87. The summed E-state index contributed by atoms with van der Waals surface area (Å²) < 4.78 is 76.1. The lowest BCUT2D eigenvalue weighted by molar-refractivity contribution is -0.153. The average molecular weight is 575 g/mol. The van der Waals surface area contributed by atoms with Crippen molar-refractivity contribution in [1.82, 2.24) is 10.6 Å². The lowest BCUT2D eigenvalue weighted by Gasteiger charge is -2.15. The summed E-state index contributed by atoms with van der Waals surface area (Å²) in [6.07, 6.45) is -4.40. The first kappa shape index (κ1) is 27.5. The minimum absolute atomic E-state index is 0. The van der Waals surface area contributed by atoms with Gasteiger partial charge in [-0.3, -0.25) is 4.99 Å². The summed E-state index contributed by atoms with van der Waals surface area (Å²) in [5.41, 5.74) is 1.24. The highest BCUT2D eigenvalue weighted by atomic mass is 127. The second-order valence-corrected chi connectivity index (χ2v) is 6.18. The van der Waals surface area contributed by atoms with Crippen molar-refractivity contribution in [2.45, 2.75) is 25.9 Å². The molecule has 2 aromatic carbocycles. The zero-order chi connectivity index (χ0) is 22.9. The molecule has 2 aromatic rings. The monoisotopic (exact) mass is 575 g/mol. The summed E-state index contributed by atoms with van der Waals surface area (Å²) in [5, 5.41) is 6.00. The third-order valence-corrected chi connectivity index (χ3v) is 3.95. The van der Waals surface area contributed by atoms with E-state index in [2.05, 4.69) is 25.1 Å². The molecule has 0 saturated carbocycles. The van der Waals surface area contributed by atoms with Crippen molar-refractivity contribution >= 4 is 29.9 Å². The van der Waals surface area contributed by atoms with Gasteiger partial charge < -0.3 is 24.8 Å². The van der Waals surface area contributed by atoms with Gasteiger partial charge in [0.1, 0.15) is 17.2 Å². The van der Waals surface area contributed by atoms with Crippen molar-refractivity contribution in [3.63, 3.8) is 0 Å². The van der Waals surface area contributed by atoms with E-state index in [1.54, 1.807) is 24.3 Å². The maximum atomic E-state index is 12.7. The first-order valence-electron chi connectivity index (χ1n) is 9.05. The number of alkyl halides is 5. The highest BCUT2D eigenvalue weighted by Crippen LogP contribution is 2.26. The van der Waals surface area contributed by atoms with E-state index in [0.29, 0.717) is 23.8 Å². The Morgan fingerprint density at radius 2 is 1.62 bits per heavy atom. The van der Waals surface area contributed by atoms with Gasteiger partial charge in [0.15, 0.2) is 12.6 Å². The number of benzene rings is 2. The molecule has 32 heavy (non-hydrogen) atoms. The van der Waals surface area contributed by atoms with Crippen LogP contribution in [0.2, 0.25) is 0 Å². The van der Waals surface area contributed by atoms with Crippen LogP contribution in [0.3, 0.4) is 0 Å². The summed E-state index contributed by atoms with van der Waals surface area (Å²) in [6, 6.07) is 10.7. The van der Waals surface area contributed by atoms with Gasteiger partial charge in [0.05, 0.1) is 7.11 Å². The number of guanidine groups is 1. The number of ether oxygens (including phenoxy) is 3. The average Bonchev–Trinajstić information content (AvgIpc) is 2.73. The molecule has 0 radical (unpaired) electrons. The van der Waals surface area contributed by atoms with E-state index in [9.17, 15) is 22.0 Å². The molecule has 0 bridgehead atoms. The summed E-state index contributed by atoms with van der Waals surface area (Å²) in [5.74, 6) is 0.849. The molecule has 0 spiro atoms. The van der Waals surface area contributed by atoms with E-state index < -0.39 is 19.4 Å². The second-order valence-electron chi connectivity index (χ2n) is 6.18. The Hall–Kier alpha value is -2.51. The normalized spacial score (nSPS) is 11.6. The Kier molecular flexibility index (Phi) is 11.3. The van der Waals surface area contributed by atoms with Crippen LogP contribution in [-0.4, -0.2) is 39.5 Å². The molecule has 2 rings (SSSR count). The highest BCUT2D eigenvalue weighted by molar-refractivity contribution is 14.0. The molecule has 0 aliphatic heterocycles. The van der Waals surface area contributed by atoms with Crippen molar-refractivity contribution in [1.29, 1.82) is 0 Å². The van der Waals surface area contributed by atoms with E-state index in [0.717, 1.165) is 5.56 Å². The maximum Gasteiger partial charge on any atom is 0.422 e. The van der Waals surface area contributed by atoms with Crippen LogP contribution in [0.5, 0.6) is 17.2 Å². The van der Waals surface area contributed by atoms with Crippen molar-refractivity contribution in [3.8, 4) is 17.2 Å². The molecular weight excluding hydrogens is 552 g/mol. The topological polar surface area (TPSA) is 64.1 Å². The lowest BCUT2D eigenvalue weighted by atomic mass is 10.2. The standard InChI is InChI=1S/C20H22F5N3O3.HI/c1-26-19(27-10-13-3-6-15(7-4-13)30-12-20(23,24)25)28-11-14-5-8-16(29-2)9-17(14)31-18(21)22;/h3-9,18H,10-12H2,1-2H3,(H2,26,27,28);1H. The Morgan fingerprint density at radius 1 is 1.00 bits per heavy atom. The van der Waals surface area contributed by atoms with Crippen LogP contribution >= 0.6 is 24.0 Å². The molecule has 0 atom stereocenters. The maximum absolute atomic E-state index is 12.7. The Morgan fingerprint density at radius 3 is 2.19 bits per heavy atom. The van der Waals surface area contributed by atoms with Gasteiger partial charge in [-0.25, -0.2) is 0 Å². The molecule has 12 heteroatoms. The molecular formula is C20H23F5IN3O3. The first-order valence-corrected chi connectivity index (χ1v) is 9.05. The number of rotatable bonds is 9. The molecule has 2 N–H and O–H groups in total. The molecule has 0 aliphatic carbocycles. The molecule has 0 heterocycles. The highest BCUT2D eigenvalue weighted by Gasteiger charge is 2.28. The van der Waals surface area contributed by atoms with Crippen LogP contribution in [0.25, 0.3) is 0 Å². The number of nitrogens with zero attached hydrogens (tertiary/aromatic N) is 1. The molecule has 0 amide bonds. The lowest BCUT2D eigenvalue weighted by Crippen LogP contribution is -2.36. The molecule has 0 saturated heterocycles. The Bertz CT molecular complexity index is 865. The predicted molar refractivity (Wildman–Crippen MR) is 120 cm³/mol. The summed E-state index contributed by atoms with van der Waals surface area (Å²) in [4.78, 5) is 4.05. The Balaban J connectivity index is 0.00000512. The number of nitrogens with one attached hydrogen (secondary N) is 2. The molecule has 0 unspecified atom stereocenters. The fourth-order valence-corrected chi connectivity index (χ4v) is 2.47. The van der Waals surface area contributed by atoms with Crippen molar-refractivity contribution in [2.75, 3.05) is 20.8 Å². The smallest absolute Gasteiger partial charge is 0.422 e. The fraction of sp³-hybridized carbons (Fsp3) is 0.350. The minimum Gasteiger partial charge on any atom is -0.497 e. The zero-order valence-electron chi connectivity index (χ0n) is 17.2. The van der Waals surface area contributed by atoms with Crippen molar-refractivity contribution < 1.29 is 36.2 Å². The van der Waals surface area contributed by atoms with Crippen molar-refractivity contribution in [3.05, 3.63) is 53.6 Å². The molecule has 0 aromatic heterocycles. The fourth-order valence-electron chi connectivity index (χ4n) is 2.47. The largest absolute Gasteiger partial charge is 0.497 e. The SMILES string of the molecule is CN=C(NCc1ccc(OCC(F)(F)F)cc1)NCc1ccc(OC)cc1OC(F)F.I. The van der Waals surface area contributed by atoms with Gasteiger partial charge in [0.2, 0.25) is 0 Å². The van der Waals surface area contributed by atoms with E-state index in [1.165, 1.54) is 32.4 Å². The van der Waals surface area contributed by atoms with Crippen LogP contribution in [0.1, 0.15) is 11.1 Å². The zero-order valence-corrected chi connectivity index (χ0v) is 19.5. The molecule has 0 fully saturated rings. The van der Waals surface area contributed by atoms with Gasteiger partial charge in [0, 0.05) is 31.8 Å². The van der Waals surface area contributed by atoms with Crippen molar-refractivity contribution in [2.24, 2.45) is 4.99 Å². The molecule has 0 aliphatic rings. The number of halogens is 6. The second kappa shape index (κ2) is 13.1. The quantitative estimate of drug-likeness (QED) is 0.196. The van der Waals surface area contributed by atoms with Gasteiger partial charge in [-0.05, 0) is 29.8 Å². The van der Waals surface area contributed by atoms with Gasteiger partial charge in [0.25, 0.3) is 0 Å². The minimum atomic E-state index is -4.40. The number of aliphatic imine (C=N–C) groups is 1. The molecule has 178 valence electrons. The van der Waals surface area contributed by atoms with Crippen LogP contribution in [0.4, 0.5) is 22.0 Å². The van der Waals surface area contributed by atoms with Gasteiger partial charge in [-0.1, -0.05) is 12.1 Å². The van der Waals surface area contributed by atoms with Crippen LogP contribution in [-0.2, 0) is 13.1 Å². The molecule has 6 nitrogen and oxygen atoms in total. The summed E-state index contributed by atoms with van der Waals surface area (Å²) >= 11 is 0. The van der Waals surface area contributed by atoms with E-state index >= 15 is 0 Å². The van der Waals surface area contributed by atoms with E-state index in [-0.39, 0.29) is 42.0 Å². The van der Waals surface area contributed by atoms with Crippen LogP contribution < -0.4 is 24.8 Å². The summed E-state index contributed by atoms with van der Waals surface area (Å²) in [7, 11) is 2.95. The number of hydrogen-bond acceptors (Lipinski definition) is 4. The third kappa shape index (κ3) is 9.75. The van der Waals surface area contributed by atoms with Gasteiger partial charge >= 0.3 is 12.8 Å². The number of methoxy groups -OCH3 is 1. The van der Waals surface area contributed by atoms with Gasteiger partial charge in [-0.2, -0.15) is 22.0 Å². The van der Waals surface area contributed by atoms with E-state index in [1.807, 2.05) is 0 Å². The Labute approximate surface area is 199 Å². The first-order chi connectivity index (χ1) is 14.7.